The number of anilines is 1. The maximum Gasteiger partial charge on any atom is 0.233 e. The first-order chi connectivity index (χ1) is 9.60. The molecule has 0 saturated carbocycles. The van der Waals surface area contributed by atoms with E-state index in [-0.39, 0.29) is 12.3 Å². The smallest absolute Gasteiger partial charge is 0.233 e. The van der Waals surface area contributed by atoms with Gasteiger partial charge in [0.05, 0.1) is 16.6 Å². The summed E-state index contributed by atoms with van der Waals surface area (Å²) in [6.45, 7) is 1.67. The molecule has 0 radical (unpaired) electrons. The molecule has 1 amide bonds. The van der Waals surface area contributed by atoms with Crippen LogP contribution in [0.5, 0.6) is 0 Å². The van der Waals surface area contributed by atoms with E-state index in [1.165, 1.54) is 11.3 Å². The summed E-state index contributed by atoms with van der Waals surface area (Å²) in [7, 11) is 0. The predicted octanol–water partition coefficient (Wildman–Crippen LogP) is 2.82. The van der Waals surface area contributed by atoms with E-state index in [0.717, 1.165) is 10.2 Å². The molecule has 1 aromatic carbocycles. The Balaban J connectivity index is 1.73. The number of benzene rings is 1. The van der Waals surface area contributed by atoms with Crippen molar-refractivity contribution >= 4 is 44.2 Å². The SMILES string of the molecule is Cc1nc(CC(=O)Nc2nc3ccc(Cl)cc3s2)no1. The fourth-order valence-corrected chi connectivity index (χ4v) is 2.83. The average Bonchev–Trinajstić information content (AvgIpc) is 2.94. The Morgan fingerprint density at radius 3 is 3.05 bits per heavy atom. The third-order valence-electron chi connectivity index (χ3n) is 2.49. The highest BCUT2D eigenvalue weighted by Crippen LogP contribution is 2.28. The number of hydrogen-bond acceptors (Lipinski definition) is 6. The number of aromatic nitrogens is 3. The van der Waals surface area contributed by atoms with Crippen molar-refractivity contribution in [2.45, 2.75) is 13.3 Å². The maximum atomic E-state index is 11.8. The Morgan fingerprint density at radius 1 is 1.45 bits per heavy atom. The molecule has 6 nitrogen and oxygen atoms in total. The molecule has 102 valence electrons. The second kappa shape index (κ2) is 5.18. The highest BCUT2D eigenvalue weighted by atomic mass is 35.5. The van der Waals surface area contributed by atoms with Gasteiger partial charge in [0.1, 0.15) is 0 Å². The van der Waals surface area contributed by atoms with Gasteiger partial charge in [-0.25, -0.2) is 4.98 Å². The van der Waals surface area contributed by atoms with Crippen LogP contribution in [0.1, 0.15) is 11.7 Å². The van der Waals surface area contributed by atoms with Gasteiger partial charge in [0.25, 0.3) is 0 Å². The minimum atomic E-state index is -0.240. The zero-order chi connectivity index (χ0) is 14.1. The van der Waals surface area contributed by atoms with Gasteiger partial charge in [-0.1, -0.05) is 28.1 Å². The number of nitrogens with zero attached hydrogens (tertiary/aromatic N) is 3. The van der Waals surface area contributed by atoms with Crippen molar-refractivity contribution in [1.82, 2.24) is 15.1 Å². The van der Waals surface area contributed by atoms with E-state index >= 15 is 0 Å². The van der Waals surface area contributed by atoms with Crippen molar-refractivity contribution in [1.29, 1.82) is 0 Å². The summed E-state index contributed by atoms with van der Waals surface area (Å²) in [6.07, 6.45) is 0.0496. The molecule has 2 heterocycles. The lowest BCUT2D eigenvalue weighted by Gasteiger charge is -1.97. The lowest BCUT2D eigenvalue weighted by atomic mass is 10.3. The van der Waals surface area contributed by atoms with Crippen LogP contribution in [0.3, 0.4) is 0 Å². The molecule has 3 rings (SSSR count). The minimum absolute atomic E-state index is 0.0496. The van der Waals surface area contributed by atoms with Crippen molar-refractivity contribution in [3.05, 3.63) is 34.9 Å². The summed E-state index contributed by atoms with van der Waals surface area (Å²) in [5, 5.41) is 7.54. The van der Waals surface area contributed by atoms with Crippen molar-refractivity contribution in [2.24, 2.45) is 0 Å². The molecule has 0 aliphatic carbocycles. The molecule has 0 unspecified atom stereocenters. The molecular weight excluding hydrogens is 300 g/mol. The van der Waals surface area contributed by atoms with Gasteiger partial charge in [-0.2, -0.15) is 4.98 Å². The molecule has 0 aliphatic rings. The number of amides is 1. The van der Waals surface area contributed by atoms with Crippen LogP contribution in [0, 0.1) is 6.92 Å². The first-order valence-corrected chi connectivity index (χ1v) is 6.95. The van der Waals surface area contributed by atoms with E-state index in [9.17, 15) is 4.79 Å². The van der Waals surface area contributed by atoms with E-state index in [4.69, 9.17) is 16.1 Å². The maximum absolute atomic E-state index is 11.8. The largest absolute Gasteiger partial charge is 0.340 e. The highest BCUT2D eigenvalue weighted by molar-refractivity contribution is 7.22. The summed E-state index contributed by atoms with van der Waals surface area (Å²) >= 11 is 7.27. The summed E-state index contributed by atoms with van der Waals surface area (Å²) in [4.78, 5) is 20.1. The first kappa shape index (κ1) is 13.0. The summed E-state index contributed by atoms with van der Waals surface area (Å²) < 4.78 is 5.73. The molecule has 1 N–H and O–H groups in total. The second-order valence-electron chi connectivity index (χ2n) is 4.09. The second-order valence-corrected chi connectivity index (χ2v) is 5.55. The molecule has 0 fully saturated rings. The van der Waals surface area contributed by atoms with Crippen LogP contribution in [0.15, 0.2) is 22.7 Å². The van der Waals surface area contributed by atoms with Crippen LogP contribution in [0.25, 0.3) is 10.2 Å². The number of halogens is 1. The van der Waals surface area contributed by atoms with Crippen LogP contribution in [-0.2, 0) is 11.2 Å². The lowest BCUT2D eigenvalue weighted by molar-refractivity contribution is -0.115. The van der Waals surface area contributed by atoms with Gasteiger partial charge in [-0.15, -0.1) is 0 Å². The highest BCUT2D eigenvalue weighted by Gasteiger charge is 2.12. The molecule has 0 atom stereocenters. The number of hydrogen-bond donors (Lipinski definition) is 1. The molecule has 0 bridgehead atoms. The Bertz CT molecular complexity index is 783. The van der Waals surface area contributed by atoms with Crippen LogP contribution in [-0.4, -0.2) is 21.0 Å². The number of carbonyl (C=O) groups excluding carboxylic acids is 1. The quantitative estimate of drug-likeness (QED) is 0.804. The number of thiazole rings is 1. The Labute approximate surface area is 122 Å². The third kappa shape index (κ3) is 2.78. The molecule has 0 saturated heterocycles. The molecular formula is C12H9ClN4O2S. The van der Waals surface area contributed by atoms with Gasteiger partial charge < -0.3 is 9.84 Å². The van der Waals surface area contributed by atoms with Crippen LogP contribution in [0.4, 0.5) is 5.13 Å². The Kier molecular flexibility index (Phi) is 3.37. The average molecular weight is 309 g/mol. The van der Waals surface area contributed by atoms with Gasteiger partial charge >= 0.3 is 0 Å². The Hall–Kier alpha value is -1.99. The zero-order valence-corrected chi connectivity index (χ0v) is 12.0. The van der Waals surface area contributed by atoms with Crippen LogP contribution < -0.4 is 5.32 Å². The van der Waals surface area contributed by atoms with Crippen molar-refractivity contribution in [2.75, 3.05) is 5.32 Å². The molecule has 0 spiro atoms. The van der Waals surface area contributed by atoms with Gasteiger partial charge in [-0.05, 0) is 18.2 Å². The third-order valence-corrected chi connectivity index (χ3v) is 3.65. The number of aryl methyl sites for hydroxylation is 1. The predicted molar refractivity (Wildman–Crippen MR) is 76.0 cm³/mol. The van der Waals surface area contributed by atoms with E-state index < -0.39 is 0 Å². The van der Waals surface area contributed by atoms with E-state index in [0.29, 0.717) is 21.9 Å². The number of nitrogens with one attached hydrogen (secondary N) is 1. The van der Waals surface area contributed by atoms with Crippen molar-refractivity contribution in [3.8, 4) is 0 Å². The van der Waals surface area contributed by atoms with Crippen molar-refractivity contribution in [3.63, 3.8) is 0 Å². The van der Waals surface area contributed by atoms with Gasteiger partial charge in [0.15, 0.2) is 11.0 Å². The van der Waals surface area contributed by atoms with Crippen LogP contribution >= 0.6 is 22.9 Å². The monoisotopic (exact) mass is 308 g/mol. The minimum Gasteiger partial charge on any atom is -0.340 e. The number of carbonyl (C=O) groups is 1. The number of rotatable bonds is 3. The van der Waals surface area contributed by atoms with Gasteiger partial charge in [0.2, 0.25) is 11.8 Å². The van der Waals surface area contributed by atoms with Crippen LogP contribution in [0.2, 0.25) is 5.02 Å². The first-order valence-electron chi connectivity index (χ1n) is 5.75. The van der Waals surface area contributed by atoms with Gasteiger partial charge in [0, 0.05) is 11.9 Å². The molecule has 8 heteroatoms. The fraction of sp³-hybridized carbons (Fsp3) is 0.167. The van der Waals surface area contributed by atoms with E-state index in [2.05, 4.69) is 20.4 Å². The topological polar surface area (TPSA) is 80.9 Å². The molecule has 20 heavy (non-hydrogen) atoms. The fourth-order valence-electron chi connectivity index (χ4n) is 1.67. The normalized spacial score (nSPS) is 10.9. The summed E-state index contributed by atoms with van der Waals surface area (Å²) in [5.74, 6) is 0.544. The lowest BCUT2D eigenvalue weighted by Crippen LogP contribution is -2.14. The molecule has 2 aromatic heterocycles. The van der Waals surface area contributed by atoms with E-state index in [1.54, 1.807) is 13.0 Å². The Morgan fingerprint density at radius 2 is 2.30 bits per heavy atom. The van der Waals surface area contributed by atoms with Crippen molar-refractivity contribution < 1.29 is 9.32 Å². The molecule has 3 aromatic rings. The molecule has 0 aliphatic heterocycles. The van der Waals surface area contributed by atoms with Gasteiger partial charge in [-0.3, -0.25) is 4.79 Å². The zero-order valence-electron chi connectivity index (χ0n) is 10.4. The summed E-state index contributed by atoms with van der Waals surface area (Å²) in [6, 6.07) is 5.39. The standard InChI is InChI=1S/C12H9ClN4O2S/c1-6-14-10(17-19-6)5-11(18)16-12-15-8-3-2-7(13)4-9(8)20-12/h2-4H,5H2,1H3,(H,15,16,18). The number of fused-ring (bicyclic) bond motifs is 1. The van der Waals surface area contributed by atoms with E-state index in [1.807, 2.05) is 12.1 Å². The summed E-state index contributed by atoms with van der Waals surface area (Å²) in [5.41, 5.74) is 0.796.